The van der Waals surface area contributed by atoms with E-state index in [0.717, 1.165) is 5.01 Å². The third-order valence-electron chi connectivity index (χ3n) is 2.25. The van der Waals surface area contributed by atoms with Crippen LogP contribution in [0.4, 0.5) is 5.13 Å². The summed E-state index contributed by atoms with van der Waals surface area (Å²) < 4.78 is 0. The lowest BCUT2D eigenvalue weighted by Gasteiger charge is -2.02. The van der Waals surface area contributed by atoms with Gasteiger partial charge in [0.1, 0.15) is 5.01 Å². The van der Waals surface area contributed by atoms with Crippen LogP contribution in [0.15, 0.2) is 16.0 Å². The predicted molar refractivity (Wildman–Crippen MR) is 78.2 cm³/mol. The van der Waals surface area contributed by atoms with E-state index >= 15 is 0 Å². The maximum atomic E-state index is 11.7. The van der Waals surface area contributed by atoms with Crippen molar-refractivity contribution < 1.29 is 4.79 Å². The van der Waals surface area contributed by atoms with E-state index in [1.165, 1.54) is 29.2 Å². The average Bonchev–Trinajstić information content (AvgIpc) is 2.81. The van der Waals surface area contributed by atoms with Crippen LogP contribution in [-0.4, -0.2) is 31.8 Å². The summed E-state index contributed by atoms with van der Waals surface area (Å²) in [7, 11) is 0. The van der Waals surface area contributed by atoms with Crippen molar-refractivity contribution in [2.24, 2.45) is 0 Å². The summed E-state index contributed by atoms with van der Waals surface area (Å²) in [5, 5.41) is 12.0. The van der Waals surface area contributed by atoms with Gasteiger partial charge in [-0.3, -0.25) is 14.9 Å². The number of aromatic amines is 1. The molecule has 9 heteroatoms. The second-order valence-electron chi connectivity index (χ2n) is 3.86. The molecule has 0 atom stereocenters. The van der Waals surface area contributed by atoms with Crippen LogP contribution in [0.2, 0.25) is 0 Å². The van der Waals surface area contributed by atoms with Crippen molar-refractivity contribution in [2.75, 3.05) is 11.1 Å². The van der Waals surface area contributed by atoms with Crippen LogP contribution in [-0.2, 0) is 11.2 Å². The minimum Gasteiger partial charge on any atom is -0.301 e. The largest absolute Gasteiger partial charge is 0.301 e. The maximum Gasteiger partial charge on any atom is 0.251 e. The minimum absolute atomic E-state index is 0.148. The number of H-pyrrole nitrogens is 1. The lowest BCUT2D eigenvalue weighted by atomic mass is 10.3. The highest BCUT2D eigenvalue weighted by Gasteiger charge is 2.08. The molecule has 2 N–H and O–H groups in total. The standard InChI is InChI=1S/C11H13N5O2S2/c1-3-7-4-8(17)13-10(12-7)19-5-9(18)14-11-16-15-6(2)20-11/h4H,3,5H2,1-2H3,(H,12,13,17)(H,14,16,18). The smallest absolute Gasteiger partial charge is 0.251 e. The zero-order valence-electron chi connectivity index (χ0n) is 11.0. The molecule has 7 nitrogen and oxygen atoms in total. The van der Waals surface area contributed by atoms with Gasteiger partial charge >= 0.3 is 0 Å². The van der Waals surface area contributed by atoms with Gasteiger partial charge in [0, 0.05) is 11.8 Å². The van der Waals surface area contributed by atoms with E-state index in [-0.39, 0.29) is 17.2 Å². The first-order valence-corrected chi connectivity index (χ1v) is 7.70. The van der Waals surface area contributed by atoms with Gasteiger partial charge in [0.25, 0.3) is 5.56 Å². The van der Waals surface area contributed by atoms with Crippen molar-refractivity contribution in [3.63, 3.8) is 0 Å². The van der Waals surface area contributed by atoms with E-state index < -0.39 is 0 Å². The molecule has 106 valence electrons. The molecule has 0 radical (unpaired) electrons. The Bertz CT molecular complexity index is 667. The van der Waals surface area contributed by atoms with E-state index in [2.05, 4.69) is 25.5 Å². The Morgan fingerprint density at radius 2 is 2.30 bits per heavy atom. The molecular weight excluding hydrogens is 298 g/mol. The van der Waals surface area contributed by atoms with Crippen molar-refractivity contribution in [1.29, 1.82) is 0 Å². The van der Waals surface area contributed by atoms with Gasteiger partial charge in [0.05, 0.1) is 5.75 Å². The molecule has 0 spiro atoms. The molecule has 2 aromatic heterocycles. The molecule has 2 heterocycles. The summed E-state index contributed by atoms with van der Waals surface area (Å²) in [6.07, 6.45) is 0.674. The van der Waals surface area contributed by atoms with Gasteiger partial charge in [-0.05, 0) is 13.3 Å². The topological polar surface area (TPSA) is 101 Å². The number of rotatable bonds is 5. The van der Waals surface area contributed by atoms with Crippen molar-refractivity contribution in [3.05, 3.63) is 27.1 Å². The van der Waals surface area contributed by atoms with Gasteiger partial charge in [-0.25, -0.2) is 4.98 Å². The minimum atomic E-state index is -0.212. The Kier molecular flexibility index (Phi) is 4.85. The summed E-state index contributed by atoms with van der Waals surface area (Å²) >= 11 is 2.49. The van der Waals surface area contributed by atoms with Gasteiger partial charge in [-0.15, -0.1) is 10.2 Å². The third kappa shape index (κ3) is 4.14. The summed E-state index contributed by atoms with van der Waals surface area (Å²) in [5.41, 5.74) is 0.496. The van der Waals surface area contributed by atoms with Gasteiger partial charge in [0.15, 0.2) is 5.16 Å². The highest BCUT2D eigenvalue weighted by atomic mass is 32.2. The Balaban J connectivity index is 1.93. The molecular formula is C11H13N5O2S2. The van der Waals surface area contributed by atoms with Gasteiger partial charge in [0.2, 0.25) is 11.0 Å². The maximum absolute atomic E-state index is 11.7. The Morgan fingerprint density at radius 1 is 1.50 bits per heavy atom. The van der Waals surface area contributed by atoms with Gasteiger partial charge in [-0.2, -0.15) is 0 Å². The quantitative estimate of drug-likeness (QED) is 0.636. The summed E-state index contributed by atoms with van der Waals surface area (Å²) in [6, 6.07) is 1.45. The number of anilines is 1. The average molecular weight is 311 g/mol. The molecule has 2 rings (SSSR count). The fourth-order valence-corrected chi connectivity index (χ4v) is 2.67. The zero-order chi connectivity index (χ0) is 14.5. The second kappa shape index (κ2) is 6.62. The van der Waals surface area contributed by atoms with Crippen LogP contribution < -0.4 is 10.9 Å². The second-order valence-corrected chi connectivity index (χ2v) is 6.00. The molecule has 2 aromatic rings. The molecule has 0 aliphatic carbocycles. The van der Waals surface area contributed by atoms with Gasteiger partial charge < -0.3 is 4.98 Å². The van der Waals surface area contributed by atoms with E-state index in [1.807, 2.05) is 13.8 Å². The van der Waals surface area contributed by atoms with Crippen molar-refractivity contribution in [2.45, 2.75) is 25.4 Å². The number of carbonyl (C=O) groups excluding carboxylic acids is 1. The normalized spacial score (nSPS) is 10.5. The number of nitrogens with one attached hydrogen (secondary N) is 2. The highest BCUT2D eigenvalue weighted by molar-refractivity contribution is 7.99. The zero-order valence-corrected chi connectivity index (χ0v) is 12.6. The first-order valence-electron chi connectivity index (χ1n) is 5.90. The number of thioether (sulfide) groups is 1. The summed E-state index contributed by atoms with van der Waals surface area (Å²) in [5.74, 6) is -0.0648. The van der Waals surface area contributed by atoms with Crippen LogP contribution in [0.5, 0.6) is 0 Å². The van der Waals surface area contributed by atoms with E-state index in [0.29, 0.717) is 22.4 Å². The molecule has 0 aliphatic rings. The third-order valence-corrected chi connectivity index (χ3v) is 3.88. The van der Waals surface area contributed by atoms with Crippen LogP contribution in [0.1, 0.15) is 17.6 Å². The number of aromatic nitrogens is 4. The van der Waals surface area contributed by atoms with Crippen molar-refractivity contribution in [3.8, 4) is 0 Å². The van der Waals surface area contributed by atoms with E-state index in [4.69, 9.17) is 0 Å². The molecule has 1 amide bonds. The molecule has 20 heavy (non-hydrogen) atoms. The Hall–Kier alpha value is -1.74. The molecule has 0 fully saturated rings. The van der Waals surface area contributed by atoms with Crippen LogP contribution >= 0.6 is 23.1 Å². The lowest BCUT2D eigenvalue weighted by Crippen LogP contribution is -2.15. The SMILES string of the molecule is CCc1cc(=O)[nH]c(SCC(=O)Nc2nnc(C)s2)n1. The molecule has 0 saturated carbocycles. The van der Waals surface area contributed by atoms with Gasteiger partial charge in [-0.1, -0.05) is 30.0 Å². The molecule has 0 bridgehead atoms. The molecule has 0 unspecified atom stereocenters. The first-order chi connectivity index (χ1) is 9.56. The van der Waals surface area contributed by atoms with Crippen LogP contribution in [0.3, 0.4) is 0 Å². The molecule has 0 aliphatic heterocycles. The van der Waals surface area contributed by atoms with Crippen LogP contribution in [0.25, 0.3) is 0 Å². The predicted octanol–water partition coefficient (Wildman–Crippen LogP) is 1.22. The number of nitrogens with zero attached hydrogens (tertiary/aromatic N) is 3. The van der Waals surface area contributed by atoms with Crippen molar-refractivity contribution in [1.82, 2.24) is 20.2 Å². The number of amides is 1. The summed E-state index contributed by atoms with van der Waals surface area (Å²) in [6.45, 7) is 3.73. The summed E-state index contributed by atoms with van der Waals surface area (Å²) in [4.78, 5) is 29.9. The number of hydrogen-bond acceptors (Lipinski definition) is 7. The van der Waals surface area contributed by atoms with E-state index in [1.54, 1.807) is 0 Å². The van der Waals surface area contributed by atoms with E-state index in [9.17, 15) is 9.59 Å². The Morgan fingerprint density at radius 3 is 2.95 bits per heavy atom. The first kappa shape index (κ1) is 14.7. The number of carbonyl (C=O) groups is 1. The fourth-order valence-electron chi connectivity index (χ4n) is 1.37. The number of aryl methyl sites for hydroxylation is 2. The monoisotopic (exact) mass is 311 g/mol. The molecule has 0 saturated heterocycles. The van der Waals surface area contributed by atoms with Crippen molar-refractivity contribution >= 4 is 34.1 Å². The molecule has 0 aromatic carbocycles. The number of hydrogen-bond donors (Lipinski definition) is 2. The highest BCUT2D eigenvalue weighted by Crippen LogP contribution is 2.16. The lowest BCUT2D eigenvalue weighted by molar-refractivity contribution is -0.113. The van der Waals surface area contributed by atoms with Crippen LogP contribution in [0, 0.1) is 6.92 Å². The fraction of sp³-hybridized carbons (Fsp3) is 0.364. The Labute approximate surface area is 123 Å².